The van der Waals surface area contributed by atoms with E-state index in [-0.39, 0.29) is 11.8 Å². The summed E-state index contributed by atoms with van der Waals surface area (Å²) >= 11 is 1.65. The third-order valence-electron chi connectivity index (χ3n) is 3.46. The van der Waals surface area contributed by atoms with Gasteiger partial charge in [-0.05, 0) is 33.5 Å². The third-order valence-corrected chi connectivity index (χ3v) is 4.19. The highest BCUT2D eigenvalue weighted by Crippen LogP contribution is 2.23. The van der Waals surface area contributed by atoms with Crippen LogP contribution in [0.2, 0.25) is 0 Å². The zero-order valence-corrected chi connectivity index (χ0v) is 11.4. The molecule has 1 aliphatic heterocycles. The van der Waals surface area contributed by atoms with Gasteiger partial charge < -0.3 is 10.6 Å². The van der Waals surface area contributed by atoms with Crippen molar-refractivity contribution in [1.29, 1.82) is 0 Å². The highest BCUT2D eigenvalue weighted by molar-refractivity contribution is 7.07. The Hall–Kier alpha value is -1.65. The van der Waals surface area contributed by atoms with Gasteiger partial charge in [0.1, 0.15) is 0 Å². The molecule has 1 aromatic heterocycles. The number of rotatable bonds is 3. The molecule has 2 heterocycles. The third kappa shape index (κ3) is 2.69. The molecule has 0 bridgehead atoms. The van der Waals surface area contributed by atoms with E-state index in [1.165, 1.54) is 5.56 Å². The summed E-state index contributed by atoms with van der Waals surface area (Å²) in [5.74, 6) is 0.0226. The van der Waals surface area contributed by atoms with Crippen molar-refractivity contribution in [2.24, 2.45) is 0 Å². The number of carbonyl (C=O) groups is 1. The van der Waals surface area contributed by atoms with Gasteiger partial charge in [-0.25, -0.2) is 0 Å². The number of benzene rings is 1. The minimum atomic E-state index is -0.0800. The molecular formula is C15H16N2OS. The van der Waals surface area contributed by atoms with Crippen molar-refractivity contribution in [3.05, 3.63) is 57.8 Å². The van der Waals surface area contributed by atoms with Gasteiger partial charge in [0.2, 0.25) is 5.91 Å². The second kappa shape index (κ2) is 5.55. The Bertz CT molecular complexity index is 565. The average Bonchev–Trinajstić information content (AvgIpc) is 2.97. The van der Waals surface area contributed by atoms with Gasteiger partial charge in [0.15, 0.2) is 0 Å². The Kier molecular flexibility index (Phi) is 3.62. The van der Waals surface area contributed by atoms with Crippen molar-refractivity contribution < 1.29 is 4.79 Å². The summed E-state index contributed by atoms with van der Waals surface area (Å²) in [4.78, 5) is 12.3. The largest absolute Gasteiger partial charge is 0.351 e. The van der Waals surface area contributed by atoms with E-state index < -0.39 is 0 Å². The van der Waals surface area contributed by atoms with Crippen LogP contribution in [-0.2, 0) is 17.9 Å². The molecule has 1 unspecified atom stereocenters. The van der Waals surface area contributed by atoms with Gasteiger partial charge in [0.05, 0.1) is 5.92 Å². The van der Waals surface area contributed by atoms with Gasteiger partial charge in [0, 0.05) is 19.6 Å². The number of amides is 1. The van der Waals surface area contributed by atoms with Gasteiger partial charge in [-0.15, -0.1) is 0 Å². The first kappa shape index (κ1) is 12.4. The van der Waals surface area contributed by atoms with Crippen molar-refractivity contribution in [3.63, 3.8) is 0 Å². The van der Waals surface area contributed by atoms with Crippen LogP contribution in [0, 0.1) is 0 Å². The smallest absolute Gasteiger partial charge is 0.229 e. The molecular weight excluding hydrogens is 256 g/mol. The standard InChI is InChI=1S/C15H16N2OS/c18-15(17-7-11-5-6-19-10-11)14-9-16-8-12-3-1-2-4-13(12)14/h1-6,10,14,16H,7-9H2,(H,17,18). The maximum absolute atomic E-state index is 12.3. The van der Waals surface area contributed by atoms with Crippen LogP contribution in [0.4, 0.5) is 0 Å². The summed E-state index contributed by atoms with van der Waals surface area (Å²) in [7, 11) is 0. The Morgan fingerprint density at radius 3 is 3.11 bits per heavy atom. The molecule has 2 N–H and O–H groups in total. The summed E-state index contributed by atoms with van der Waals surface area (Å²) in [6.45, 7) is 2.18. The molecule has 1 aliphatic rings. The van der Waals surface area contributed by atoms with Crippen LogP contribution < -0.4 is 10.6 Å². The fraction of sp³-hybridized carbons (Fsp3) is 0.267. The molecule has 0 fully saturated rings. The van der Waals surface area contributed by atoms with Crippen molar-refractivity contribution in [2.75, 3.05) is 6.54 Å². The van der Waals surface area contributed by atoms with Gasteiger partial charge in [-0.1, -0.05) is 24.3 Å². The molecule has 98 valence electrons. The second-order valence-corrected chi connectivity index (χ2v) is 5.51. The van der Waals surface area contributed by atoms with Gasteiger partial charge in [0.25, 0.3) is 0 Å². The van der Waals surface area contributed by atoms with Crippen molar-refractivity contribution in [3.8, 4) is 0 Å². The molecule has 1 atom stereocenters. The first-order valence-electron chi connectivity index (χ1n) is 6.42. The van der Waals surface area contributed by atoms with E-state index in [0.29, 0.717) is 13.1 Å². The van der Waals surface area contributed by atoms with Gasteiger partial charge in [-0.3, -0.25) is 4.79 Å². The molecule has 3 nitrogen and oxygen atoms in total. The molecule has 0 saturated carbocycles. The molecule has 3 rings (SSSR count). The first-order chi connectivity index (χ1) is 9.34. The first-order valence-corrected chi connectivity index (χ1v) is 7.36. The van der Waals surface area contributed by atoms with E-state index >= 15 is 0 Å². The van der Waals surface area contributed by atoms with E-state index in [1.807, 2.05) is 23.6 Å². The van der Waals surface area contributed by atoms with E-state index in [9.17, 15) is 4.79 Å². The summed E-state index contributed by atoms with van der Waals surface area (Å²) in [5.41, 5.74) is 3.55. The molecule has 4 heteroatoms. The topological polar surface area (TPSA) is 41.1 Å². The van der Waals surface area contributed by atoms with Crippen LogP contribution in [-0.4, -0.2) is 12.5 Å². The molecule has 0 saturated heterocycles. The molecule has 0 radical (unpaired) electrons. The maximum Gasteiger partial charge on any atom is 0.229 e. The quantitative estimate of drug-likeness (QED) is 0.900. The zero-order chi connectivity index (χ0) is 13.1. The molecule has 1 aromatic carbocycles. The normalized spacial score (nSPS) is 17.8. The number of fused-ring (bicyclic) bond motifs is 1. The lowest BCUT2D eigenvalue weighted by Gasteiger charge is -2.25. The molecule has 2 aromatic rings. The van der Waals surface area contributed by atoms with E-state index in [4.69, 9.17) is 0 Å². The molecule has 0 spiro atoms. The predicted molar refractivity (Wildman–Crippen MR) is 77.1 cm³/mol. The molecule has 1 amide bonds. The zero-order valence-electron chi connectivity index (χ0n) is 10.6. The fourth-order valence-corrected chi connectivity index (χ4v) is 3.10. The minimum absolute atomic E-state index is 0.0800. The number of hydrogen-bond donors (Lipinski definition) is 2. The highest BCUT2D eigenvalue weighted by Gasteiger charge is 2.25. The number of hydrogen-bond acceptors (Lipinski definition) is 3. The monoisotopic (exact) mass is 272 g/mol. The molecule has 0 aliphatic carbocycles. The van der Waals surface area contributed by atoms with Crippen molar-refractivity contribution in [2.45, 2.75) is 19.0 Å². The summed E-state index contributed by atoms with van der Waals surface area (Å²) in [6, 6.07) is 10.2. The fourth-order valence-electron chi connectivity index (χ4n) is 2.44. The van der Waals surface area contributed by atoms with Crippen LogP contribution in [0.5, 0.6) is 0 Å². The van der Waals surface area contributed by atoms with E-state index in [1.54, 1.807) is 11.3 Å². The average molecular weight is 272 g/mol. The SMILES string of the molecule is O=C(NCc1ccsc1)C1CNCc2ccccc21. The van der Waals surface area contributed by atoms with Crippen LogP contribution in [0.15, 0.2) is 41.1 Å². The Morgan fingerprint density at radius 2 is 2.26 bits per heavy atom. The molecule has 19 heavy (non-hydrogen) atoms. The van der Waals surface area contributed by atoms with Crippen molar-refractivity contribution in [1.82, 2.24) is 10.6 Å². The van der Waals surface area contributed by atoms with Crippen molar-refractivity contribution >= 4 is 17.2 Å². The van der Waals surface area contributed by atoms with Gasteiger partial charge in [-0.2, -0.15) is 11.3 Å². The number of carbonyl (C=O) groups excluding carboxylic acids is 1. The highest BCUT2D eigenvalue weighted by atomic mass is 32.1. The van der Waals surface area contributed by atoms with Crippen LogP contribution in [0.1, 0.15) is 22.6 Å². The number of nitrogens with one attached hydrogen (secondary N) is 2. The Morgan fingerprint density at radius 1 is 1.37 bits per heavy atom. The summed E-state index contributed by atoms with van der Waals surface area (Å²) in [6.07, 6.45) is 0. The van der Waals surface area contributed by atoms with Crippen LogP contribution in [0.3, 0.4) is 0 Å². The summed E-state index contributed by atoms with van der Waals surface area (Å²) < 4.78 is 0. The maximum atomic E-state index is 12.3. The second-order valence-electron chi connectivity index (χ2n) is 4.73. The lowest BCUT2D eigenvalue weighted by atomic mass is 9.90. The summed E-state index contributed by atoms with van der Waals surface area (Å²) in [5, 5.41) is 10.4. The lowest BCUT2D eigenvalue weighted by molar-refractivity contribution is -0.122. The Labute approximate surface area is 116 Å². The minimum Gasteiger partial charge on any atom is -0.351 e. The van der Waals surface area contributed by atoms with Crippen LogP contribution >= 0.6 is 11.3 Å². The number of thiophene rings is 1. The lowest BCUT2D eigenvalue weighted by Crippen LogP contribution is -2.38. The Balaban J connectivity index is 1.71. The van der Waals surface area contributed by atoms with E-state index in [0.717, 1.165) is 17.7 Å². The van der Waals surface area contributed by atoms with Gasteiger partial charge >= 0.3 is 0 Å². The predicted octanol–water partition coefficient (Wildman–Crippen LogP) is 2.25. The van der Waals surface area contributed by atoms with Crippen LogP contribution in [0.25, 0.3) is 0 Å². The van der Waals surface area contributed by atoms with E-state index in [2.05, 4.69) is 28.1 Å².